The third-order valence-electron chi connectivity index (χ3n) is 5.46. The molecule has 3 rings (SSSR count). The number of aliphatic hydroxyl groups is 2. The molecule has 5 atom stereocenters. The van der Waals surface area contributed by atoms with Crippen LogP contribution < -0.4 is 0 Å². The van der Waals surface area contributed by atoms with Crippen molar-refractivity contribution in [3.63, 3.8) is 0 Å². The first-order valence-electron chi connectivity index (χ1n) is 9.21. The summed E-state index contributed by atoms with van der Waals surface area (Å²) in [5.74, 6) is 5.22. The van der Waals surface area contributed by atoms with Crippen LogP contribution in [0.5, 0.6) is 0 Å². The van der Waals surface area contributed by atoms with Crippen LogP contribution in [0.2, 0.25) is 0 Å². The molecular formula is C21H25NO5. The number of hydrogen-bond donors (Lipinski definition) is 3. The molecule has 2 aliphatic carbocycles. The number of carboxylic acids is 1. The van der Waals surface area contributed by atoms with Crippen molar-refractivity contribution in [1.29, 1.82) is 0 Å². The third-order valence-corrected chi connectivity index (χ3v) is 5.46. The molecule has 0 aliphatic heterocycles. The molecule has 27 heavy (non-hydrogen) atoms. The summed E-state index contributed by atoms with van der Waals surface area (Å²) in [5, 5.41) is 33.4. The van der Waals surface area contributed by atoms with Crippen molar-refractivity contribution in [3.05, 3.63) is 34.9 Å². The third kappa shape index (κ3) is 4.32. The Morgan fingerprint density at radius 2 is 2.19 bits per heavy atom. The fraction of sp³-hybridized carbons (Fsp3) is 0.524. The number of rotatable bonds is 5. The Bertz CT molecular complexity index is 807. The molecule has 0 aromatic heterocycles. The van der Waals surface area contributed by atoms with E-state index >= 15 is 0 Å². The number of carboxylic acid groups (broad SMARTS) is 1. The van der Waals surface area contributed by atoms with Crippen molar-refractivity contribution in [3.8, 4) is 11.8 Å². The molecule has 2 saturated carbocycles. The fourth-order valence-corrected chi connectivity index (χ4v) is 3.96. The average Bonchev–Trinajstić information content (AvgIpc) is 2.83. The molecular weight excluding hydrogens is 346 g/mol. The van der Waals surface area contributed by atoms with Gasteiger partial charge in [-0.05, 0) is 43.7 Å². The summed E-state index contributed by atoms with van der Waals surface area (Å²) in [6, 6.07) is 5.85. The molecule has 0 spiro atoms. The molecule has 5 unspecified atom stereocenters. The Kier molecular flexibility index (Phi) is 5.83. The SMILES string of the molecule is Cc1ccc(C(O)C#CC2C(O)CC3C(=NOCCC(=O)O)CC32)c(C)c1. The summed E-state index contributed by atoms with van der Waals surface area (Å²) < 4.78 is 0. The Labute approximate surface area is 158 Å². The van der Waals surface area contributed by atoms with Crippen LogP contribution >= 0.6 is 0 Å². The van der Waals surface area contributed by atoms with Gasteiger partial charge in [0.15, 0.2) is 0 Å². The van der Waals surface area contributed by atoms with Gasteiger partial charge in [0.05, 0.1) is 24.2 Å². The zero-order valence-electron chi connectivity index (χ0n) is 15.6. The molecule has 0 radical (unpaired) electrons. The van der Waals surface area contributed by atoms with E-state index in [2.05, 4.69) is 17.0 Å². The highest BCUT2D eigenvalue weighted by Crippen LogP contribution is 2.48. The first-order chi connectivity index (χ1) is 12.9. The topological polar surface area (TPSA) is 99.4 Å². The van der Waals surface area contributed by atoms with Crippen LogP contribution in [0, 0.1) is 43.4 Å². The Morgan fingerprint density at radius 1 is 1.41 bits per heavy atom. The molecule has 144 valence electrons. The quantitative estimate of drug-likeness (QED) is 0.419. The van der Waals surface area contributed by atoms with Gasteiger partial charge in [-0.2, -0.15) is 0 Å². The number of aryl methyl sites for hydroxylation is 2. The van der Waals surface area contributed by atoms with Crippen LogP contribution in [-0.2, 0) is 9.63 Å². The first kappa shape index (κ1) is 19.4. The van der Waals surface area contributed by atoms with E-state index in [0.29, 0.717) is 12.8 Å². The molecule has 6 nitrogen and oxygen atoms in total. The van der Waals surface area contributed by atoms with Gasteiger partial charge in [0, 0.05) is 5.92 Å². The summed E-state index contributed by atoms with van der Waals surface area (Å²) in [7, 11) is 0. The highest BCUT2D eigenvalue weighted by atomic mass is 16.6. The van der Waals surface area contributed by atoms with E-state index in [1.165, 1.54) is 0 Å². The number of carbonyl (C=O) groups is 1. The van der Waals surface area contributed by atoms with E-state index in [4.69, 9.17) is 9.94 Å². The van der Waals surface area contributed by atoms with Crippen molar-refractivity contribution >= 4 is 11.7 Å². The lowest BCUT2D eigenvalue weighted by Crippen LogP contribution is -2.36. The van der Waals surface area contributed by atoms with Gasteiger partial charge in [0.2, 0.25) is 0 Å². The standard InChI is InChI=1S/C21H25NO5/c1-12-3-4-14(13(2)9-12)19(23)6-5-15-16-10-18(17(16)11-20(15)24)22-27-8-7-21(25)26/h3-4,9,15-17,19-20,23-24H,7-8,10-11H2,1-2H3,(H,25,26). The first-order valence-corrected chi connectivity index (χ1v) is 9.21. The Balaban J connectivity index is 1.61. The maximum Gasteiger partial charge on any atom is 0.306 e. The van der Waals surface area contributed by atoms with Crippen LogP contribution in [0.1, 0.15) is 42.1 Å². The zero-order valence-corrected chi connectivity index (χ0v) is 15.6. The molecule has 6 heteroatoms. The van der Waals surface area contributed by atoms with Crippen LogP contribution in [0.3, 0.4) is 0 Å². The molecule has 0 amide bonds. The smallest absolute Gasteiger partial charge is 0.306 e. The van der Waals surface area contributed by atoms with Gasteiger partial charge in [-0.25, -0.2) is 0 Å². The number of nitrogens with zero attached hydrogens (tertiary/aromatic N) is 1. The predicted molar refractivity (Wildman–Crippen MR) is 100 cm³/mol. The summed E-state index contributed by atoms with van der Waals surface area (Å²) >= 11 is 0. The molecule has 3 N–H and O–H groups in total. The summed E-state index contributed by atoms with van der Waals surface area (Å²) in [5.41, 5.74) is 3.79. The van der Waals surface area contributed by atoms with Gasteiger partial charge in [-0.1, -0.05) is 40.8 Å². The number of aliphatic carboxylic acids is 1. The normalized spacial score (nSPS) is 28.7. The lowest BCUT2D eigenvalue weighted by atomic mass is 9.71. The van der Waals surface area contributed by atoms with Gasteiger partial charge in [-0.3, -0.25) is 4.79 Å². The largest absolute Gasteiger partial charge is 0.481 e. The highest BCUT2D eigenvalue weighted by Gasteiger charge is 2.51. The van der Waals surface area contributed by atoms with Crippen LogP contribution in [-0.4, -0.2) is 39.7 Å². The Morgan fingerprint density at radius 3 is 2.89 bits per heavy atom. The van der Waals surface area contributed by atoms with Crippen molar-refractivity contribution in [2.24, 2.45) is 22.9 Å². The average molecular weight is 371 g/mol. The lowest BCUT2D eigenvalue weighted by Gasteiger charge is -2.33. The second kappa shape index (κ2) is 8.12. The van der Waals surface area contributed by atoms with Crippen molar-refractivity contribution in [2.45, 2.75) is 45.3 Å². The van der Waals surface area contributed by atoms with E-state index in [9.17, 15) is 15.0 Å². The fourth-order valence-electron chi connectivity index (χ4n) is 3.96. The molecule has 0 heterocycles. The van der Waals surface area contributed by atoms with Gasteiger partial charge in [0.1, 0.15) is 12.7 Å². The summed E-state index contributed by atoms with van der Waals surface area (Å²) in [6.45, 7) is 4.00. The Hall–Kier alpha value is -2.36. The highest BCUT2D eigenvalue weighted by molar-refractivity contribution is 5.93. The lowest BCUT2D eigenvalue weighted by molar-refractivity contribution is -0.138. The van der Waals surface area contributed by atoms with E-state index in [0.717, 1.165) is 22.4 Å². The second-order valence-electron chi connectivity index (χ2n) is 7.41. The molecule has 0 saturated heterocycles. The van der Waals surface area contributed by atoms with Crippen LogP contribution in [0.25, 0.3) is 0 Å². The molecule has 1 aromatic carbocycles. The predicted octanol–water partition coefficient (Wildman–Crippen LogP) is 2.20. The van der Waals surface area contributed by atoms with Crippen molar-refractivity contribution in [2.75, 3.05) is 6.61 Å². The monoisotopic (exact) mass is 371 g/mol. The minimum Gasteiger partial charge on any atom is -0.481 e. The van der Waals surface area contributed by atoms with Gasteiger partial charge in [-0.15, -0.1) is 0 Å². The van der Waals surface area contributed by atoms with Gasteiger partial charge >= 0.3 is 5.97 Å². The summed E-state index contributed by atoms with van der Waals surface area (Å²) in [6.07, 6.45) is -0.244. The number of fused-ring (bicyclic) bond motifs is 1. The van der Waals surface area contributed by atoms with Crippen LogP contribution in [0.15, 0.2) is 23.4 Å². The van der Waals surface area contributed by atoms with E-state index in [1.807, 2.05) is 32.0 Å². The van der Waals surface area contributed by atoms with E-state index in [1.54, 1.807) is 0 Å². The number of aliphatic hydroxyl groups excluding tert-OH is 2. The molecule has 2 aliphatic rings. The minimum atomic E-state index is -0.921. The van der Waals surface area contributed by atoms with E-state index in [-0.39, 0.29) is 30.8 Å². The summed E-state index contributed by atoms with van der Waals surface area (Å²) in [4.78, 5) is 15.5. The van der Waals surface area contributed by atoms with E-state index < -0.39 is 18.2 Å². The second-order valence-corrected chi connectivity index (χ2v) is 7.41. The maximum atomic E-state index is 10.5. The number of hydrogen-bond acceptors (Lipinski definition) is 5. The zero-order chi connectivity index (χ0) is 19.6. The minimum absolute atomic E-state index is 0.0457. The van der Waals surface area contributed by atoms with Gasteiger partial charge < -0.3 is 20.2 Å². The molecule has 0 bridgehead atoms. The van der Waals surface area contributed by atoms with Crippen LogP contribution in [0.4, 0.5) is 0 Å². The van der Waals surface area contributed by atoms with Gasteiger partial charge in [0.25, 0.3) is 0 Å². The molecule has 2 fully saturated rings. The number of benzene rings is 1. The van der Waals surface area contributed by atoms with Crippen molar-refractivity contribution < 1.29 is 25.0 Å². The maximum absolute atomic E-state index is 10.5. The number of oxime groups is 1. The molecule has 1 aromatic rings. The van der Waals surface area contributed by atoms with Crippen molar-refractivity contribution in [1.82, 2.24) is 0 Å².